The Morgan fingerprint density at radius 2 is 1.87 bits per heavy atom. The molecule has 1 heterocycles. The molecule has 0 radical (unpaired) electrons. The van der Waals surface area contributed by atoms with E-state index in [1.54, 1.807) is 33.5 Å². The monoisotopic (exact) mass is 541 g/mol. The topological polar surface area (TPSA) is 97.7 Å². The summed E-state index contributed by atoms with van der Waals surface area (Å²) in [4.78, 5) is 15.9. The SMILES string of the molecule is CCN1C[C@]2(COC)CC[C@H](O)C34[C@@H]5C[C@H]6[C@H](OC(=O)c7ccccc7)[C@@H]5[C@](O)(C[C@@H]6OC)[C@@H]([C@H](OC)[C@@H]32)[C@@H]14. The summed E-state index contributed by atoms with van der Waals surface area (Å²) in [5.41, 5.74) is -1.28. The molecule has 5 saturated carbocycles. The molecule has 214 valence electrons. The van der Waals surface area contributed by atoms with Crippen molar-refractivity contribution in [3.63, 3.8) is 0 Å². The first-order chi connectivity index (χ1) is 18.8. The van der Waals surface area contributed by atoms with Crippen molar-refractivity contribution in [3.05, 3.63) is 35.9 Å². The minimum Gasteiger partial charge on any atom is -0.458 e. The summed E-state index contributed by atoms with van der Waals surface area (Å²) in [5, 5.41) is 25.2. The Balaban J connectivity index is 1.41. The number of likely N-dealkylation sites (tertiary alicyclic amines) is 1. The van der Waals surface area contributed by atoms with Crippen LogP contribution >= 0.6 is 0 Å². The van der Waals surface area contributed by atoms with Gasteiger partial charge < -0.3 is 29.2 Å². The number of hydrogen-bond donors (Lipinski definition) is 2. The fourth-order valence-electron chi connectivity index (χ4n) is 11.6. The number of esters is 1. The van der Waals surface area contributed by atoms with Gasteiger partial charge in [0.1, 0.15) is 6.10 Å². The van der Waals surface area contributed by atoms with Crippen LogP contribution in [-0.2, 0) is 18.9 Å². The van der Waals surface area contributed by atoms with Crippen molar-refractivity contribution >= 4 is 5.97 Å². The maximum atomic E-state index is 13.4. The number of piperidine rings is 1. The van der Waals surface area contributed by atoms with Crippen molar-refractivity contribution in [1.29, 1.82) is 0 Å². The number of rotatable bonds is 7. The second kappa shape index (κ2) is 8.97. The van der Waals surface area contributed by atoms with Gasteiger partial charge in [-0.25, -0.2) is 4.79 Å². The van der Waals surface area contributed by atoms with Crippen LogP contribution in [0.5, 0.6) is 0 Å². The summed E-state index contributed by atoms with van der Waals surface area (Å²) in [7, 11) is 5.24. The lowest BCUT2D eigenvalue weighted by Crippen LogP contribution is -2.76. The van der Waals surface area contributed by atoms with E-state index in [9.17, 15) is 15.0 Å². The van der Waals surface area contributed by atoms with Crippen LogP contribution in [0.15, 0.2) is 30.3 Å². The third-order valence-electron chi connectivity index (χ3n) is 12.3. The van der Waals surface area contributed by atoms with Gasteiger partial charge in [-0.05, 0) is 43.9 Å². The zero-order valence-electron chi connectivity index (χ0n) is 23.5. The summed E-state index contributed by atoms with van der Waals surface area (Å²) < 4.78 is 24.8. The first-order valence-electron chi connectivity index (χ1n) is 14.8. The Morgan fingerprint density at radius 3 is 2.54 bits per heavy atom. The van der Waals surface area contributed by atoms with Gasteiger partial charge in [0.15, 0.2) is 0 Å². The lowest BCUT2D eigenvalue weighted by atomic mass is 9.43. The molecule has 1 aromatic carbocycles. The number of fused-ring (bicyclic) bond motifs is 2. The molecule has 2 N–H and O–H groups in total. The maximum Gasteiger partial charge on any atom is 0.338 e. The van der Waals surface area contributed by atoms with Crippen LogP contribution in [0.1, 0.15) is 43.0 Å². The molecule has 6 aliphatic rings. The Kier molecular flexibility index (Phi) is 6.06. The number of carbonyl (C=O) groups excluding carboxylic acids is 1. The van der Waals surface area contributed by atoms with E-state index < -0.39 is 23.2 Å². The van der Waals surface area contributed by atoms with Gasteiger partial charge >= 0.3 is 5.97 Å². The number of hydrogen-bond acceptors (Lipinski definition) is 8. The molecule has 1 unspecified atom stereocenters. The van der Waals surface area contributed by atoms with Crippen LogP contribution in [0, 0.1) is 40.4 Å². The summed E-state index contributed by atoms with van der Waals surface area (Å²) in [6, 6.07) is 9.09. The predicted octanol–water partition coefficient (Wildman–Crippen LogP) is 2.37. The highest BCUT2D eigenvalue weighted by molar-refractivity contribution is 5.89. The molecule has 6 fully saturated rings. The molecule has 5 aliphatic carbocycles. The highest BCUT2D eigenvalue weighted by Gasteiger charge is 2.86. The van der Waals surface area contributed by atoms with E-state index in [2.05, 4.69) is 11.8 Å². The van der Waals surface area contributed by atoms with E-state index in [1.165, 1.54) is 0 Å². The van der Waals surface area contributed by atoms with E-state index in [0.717, 1.165) is 25.9 Å². The van der Waals surface area contributed by atoms with Crippen molar-refractivity contribution in [1.82, 2.24) is 4.90 Å². The normalized spacial score (nSPS) is 51.1. The van der Waals surface area contributed by atoms with E-state index in [4.69, 9.17) is 18.9 Å². The number of ether oxygens (including phenoxy) is 4. The smallest absolute Gasteiger partial charge is 0.338 e. The zero-order valence-corrected chi connectivity index (χ0v) is 23.5. The minimum atomic E-state index is -1.15. The van der Waals surface area contributed by atoms with Gasteiger partial charge in [0, 0.05) is 74.8 Å². The summed E-state index contributed by atoms with van der Waals surface area (Å²) in [5.74, 6) is -0.869. The molecule has 8 heteroatoms. The van der Waals surface area contributed by atoms with Crippen molar-refractivity contribution < 1.29 is 34.0 Å². The van der Waals surface area contributed by atoms with Gasteiger partial charge in [-0.1, -0.05) is 25.1 Å². The number of methoxy groups -OCH3 is 3. The Labute approximate surface area is 230 Å². The molecule has 7 bridgehead atoms. The van der Waals surface area contributed by atoms with E-state index >= 15 is 0 Å². The highest BCUT2D eigenvalue weighted by Crippen LogP contribution is 2.79. The molecule has 1 aromatic rings. The highest BCUT2D eigenvalue weighted by atomic mass is 16.6. The second-order valence-electron chi connectivity index (χ2n) is 13.3. The average Bonchev–Trinajstić information content (AvgIpc) is 3.38. The summed E-state index contributed by atoms with van der Waals surface area (Å²) >= 11 is 0. The number of nitrogens with zero attached hydrogens (tertiary/aromatic N) is 1. The fraction of sp³-hybridized carbons (Fsp3) is 0.774. The Hall–Kier alpha value is -1.55. The van der Waals surface area contributed by atoms with Crippen molar-refractivity contribution in [2.75, 3.05) is 41.0 Å². The van der Waals surface area contributed by atoms with E-state index in [-0.39, 0.29) is 59.2 Å². The molecule has 1 spiro atoms. The van der Waals surface area contributed by atoms with Gasteiger partial charge in [-0.3, -0.25) is 4.90 Å². The van der Waals surface area contributed by atoms with Gasteiger partial charge in [0.2, 0.25) is 0 Å². The van der Waals surface area contributed by atoms with E-state index in [0.29, 0.717) is 25.0 Å². The molecule has 1 aliphatic heterocycles. The van der Waals surface area contributed by atoms with Gasteiger partial charge in [0.05, 0.1) is 36.1 Å². The van der Waals surface area contributed by atoms with Gasteiger partial charge in [-0.2, -0.15) is 0 Å². The Bertz CT molecular complexity index is 1120. The molecule has 8 nitrogen and oxygen atoms in total. The molecule has 0 aromatic heterocycles. The third kappa shape index (κ3) is 3.08. The molecular formula is C31H43NO7. The Morgan fingerprint density at radius 1 is 1.10 bits per heavy atom. The molecule has 7 rings (SSSR count). The van der Waals surface area contributed by atoms with Crippen LogP contribution in [0.3, 0.4) is 0 Å². The van der Waals surface area contributed by atoms with Crippen molar-refractivity contribution in [2.45, 2.75) is 68.7 Å². The molecule has 1 saturated heterocycles. The van der Waals surface area contributed by atoms with Gasteiger partial charge in [-0.15, -0.1) is 0 Å². The standard InChI is InChI=1S/C31H43NO7/c1-5-32-15-29(16-36-2)12-11-21(33)31-19-13-18-20(37-3)14-30(35,23(27(31)32)25(38-4)26(29)31)22(19)24(18)39-28(34)17-9-7-6-8-10-17/h6-10,18-27,33,35H,5,11-16H2,1-4H3/t18-,19-,20+,21+,22-,23+,24+,25+,26-,27-,29+,30-,31?/m1/s1. The molecule has 13 atom stereocenters. The number of aliphatic hydroxyl groups excluding tert-OH is 1. The van der Waals surface area contributed by atoms with Crippen LogP contribution < -0.4 is 0 Å². The second-order valence-corrected chi connectivity index (χ2v) is 13.3. The van der Waals surface area contributed by atoms with Gasteiger partial charge in [0.25, 0.3) is 0 Å². The van der Waals surface area contributed by atoms with Crippen LogP contribution in [0.2, 0.25) is 0 Å². The molecule has 39 heavy (non-hydrogen) atoms. The molecular weight excluding hydrogens is 498 g/mol. The fourth-order valence-corrected chi connectivity index (χ4v) is 11.6. The lowest BCUT2D eigenvalue weighted by molar-refractivity contribution is -0.272. The zero-order chi connectivity index (χ0) is 27.3. The predicted molar refractivity (Wildman–Crippen MR) is 142 cm³/mol. The van der Waals surface area contributed by atoms with Crippen molar-refractivity contribution in [3.8, 4) is 0 Å². The molecule has 0 amide bonds. The lowest BCUT2D eigenvalue weighted by Gasteiger charge is -2.68. The van der Waals surface area contributed by atoms with Crippen molar-refractivity contribution in [2.24, 2.45) is 40.4 Å². The van der Waals surface area contributed by atoms with Crippen LogP contribution in [0.4, 0.5) is 0 Å². The third-order valence-corrected chi connectivity index (χ3v) is 12.3. The largest absolute Gasteiger partial charge is 0.458 e. The van der Waals surface area contributed by atoms with E-state index in [1.807, 2.05) is 18.2 Å². The first-order valence-corrected chi connectivity index (χ1v) is 14.8. The van der Waals surface area contributed by atoms with Crippen LogP contribution in [-0.4, -0.2) is 98.2 Å². The average molecular weight is 542 g/mol. The van der Waals surface area contributed by atoms with Crippen LogP contribution in [0.25, 0.3) is 0 Å². The quantitative estimate of drug-likeness (QED) is 0.508. The summed E-state index contributed by atoms with van der Waals surface area (Å²) in [6.07, 6.45) is 1.36. The first kappa shape index (κ1) is 26.4. The maximum absolute atomic E-state index is 13.4. The minimum absolute atomic E-state index is 0.0104. The number of aliphatic hydroxyl groups is 2. The number of benzene rings is 1. The summed E-state index contributed by atoms with van der Waals surface area (Å²) in [6.45, 7) is 4.51. The number of carbonyl (C=O) groups is 1.